The number of carbonyl (C=O) groups excluding carboxylic acids is 1. The number of rotatable bonds is 1. The first-order valence-electron chi connectivity index (χ1n) is 5.83. The van der Waals surface area contributed by atoms with Crippen molar-refractivity contribution >= 4 is 17.4 Å². The fourth-order valence-electron chi connectivity index (χ4n) is 2.15. The van der Waals surface area contributed by atoms with Crippen LogP contribution in [-0.2, 0) is 6.42 Å². The van der Waals surface area contributed by atoms with Gasteiger partial charge in [-0.25, -0.2) is 14.4 Å². The zero-order chi connectivity index (χ0) is 13.4. The molecule has 2 aromatic rings. The first-order valence-corrected chi connectivity index (χ1v) is 5.83. The number of hydrogen-bond acceptors (Lipinski definition) is 4. The molecule has 1 amide bonds. The van der Waals surface area contributed by atoms with Crippen LogP contribution < -0.4 is 10.6 Å². The maximum absolute atomic E-state index is 13.3. The van der Waals surface area contributed by atoms with E-state index in [9.17, 15) is 9.18 Å². The molecule has 1 aliphatic rings. The summed E-state index contributed by atoms with van der Waals surface area (Å²) in [6.45, 7) is 0.518. The van der Waals surface area contributed by atoms with Crippen LogP contribution in [-0.4, -0.2) is 22.4 Å². The van der Waals surface area contributed by atoms with E-state index in [4.69, 9.17) is 5.73 Å². The van der Waals surface area contributed by atoms with Crippen LogP contribution >= 0.6 is 0 Å². The number of nitrogen functional groups attached to an aromatic ring is 1. The summed E-state index contributed by atoms with van der Waals surface area (Å²) in [4.78, 5) is 21.6. The highest BCUT2D eigenvalue weighted by Gasteiger charge is 2.26. The quantitative estimate of drug-likeness (QED) is 0.839. The van der Waals surface area contributed by atoms with Gasteiger partial charge in [-0.1, -0.05) is 6.07 Å². The first kappa shape index (κ1) is 11.6. The van der Waals surface area contributed by atoms with Crippen LogP contribution in [0.3, 0.4) is 0 Å². The zero-order valence-electron chi connectivity index (χ0n) is 10.0. The summed E-state index contributed by atoms with van der Waals surface area (Å²) in [7, 11) is 0. The molecule has 0 atom stereocenters. The third-order valence-electron chi connectivity index (χ3n) is 3.08. The van der Waals surface area contributed by atoms with Crippen LogP contribution in [0.2, 0.25) is 0 Å². The van der Waals surface area contributed by atoms with E-state index < -0.39 is 0 Å². The minimum absolute atomic E-state index is 0.200. The van der Waals surface area contributed by atoms with Crippen molar-refractivity contribution in [3.05, 3.63) is 47.7 Å². The molecule has 0 spiro atoms. The maximum Gasteiger partial charge on any atom is 0.278 e. The van der Waals surface area contributed by atoms with Gasteiger partial charge in [-0.2, -0.15) is 0 Å². The van der Waals surface area contributed by atoms with Crippen LogP contribution in [0, 0.1) is 5.82 Å². The van der Waals surface area contributed by atoms with Crippen LogP contribution in [0.15, 0.2) is 30.6 Å². The Hall–Kier alpha value is -2.50. The van der Waals surface area contributed by atoms with Gasteiger partial charge in [-0.3, -0.25) is 4.79 Å². The predicted octanol–water partition coefficient (Wildman–Crippen LogP) is 1.40. The van der Waals surface area contributed by atoms with E-state index in [1.165, 1.54) is 29.4 Å². The van der Waals surface area contributed by atoms with Gasteiger partial charge in [0.15, 0.2) is 0 Å². The molecular formula is C13H11FN4O. The number of aromatic nitrogens is 2. The summed E-state index contributed by atoms with van der Waals surface area (Å²) >= 11 is 0. The number of hydrogen-bond donors (Lipinski definition) is 1. The molecule has 0 aliphatic carbocycles. The minimum atomic E-state index is -0.359. The minimum Gasteiger partial charge on any atom is -0.382 e. The Bertz CT molecular complexity index is 642. The summed E-state index contributed by atoms with van der Waals surface area (Å²) in [5.74, 6) is -0.400. The Morgan fingerprint density at radius 3 is 2.89 bits per heavy atom. The smallest absolute Gasteiger partial charge is 0.278 e. The lowest BCUT2D eigenvalue weighted by Gasteiger charge is -2.16. The highest BCUT2D eigenvalue weighted by molar-refractivity contribution is 6.05. The average molecular weight is 258 g/mol. The molecule has 5 nitrogen and oxygen atoms in total. The van der Waals surface area contributed by atoms with Crippen molar-refractivity contribution in [2.24, 2.45) is 0 Å². The van der Waals surface area contributed by atoms with E-state index in [0.717, 1.165) is 5.56 Å². The van der Waals surface area contributed by atoms with Crippen molar-refractivity contribution in [2.45, 2.75) is 6.42 Å². The third-order valence-corrected chi connectivity index (χ3v) is 3.08. The van der Waals surface area contributed by atoms with Crippen LogP contribution in [0.1, 0.15) is 16.1 Å². The molecule has 96 valence electrons. The van der Waals surface area contributed by atoms with Crippen molar-refractivity contribution in [1.82, 2.24) is 9.97 Å². The summed E-state index contributed by atoms with van der Waals surface area (Å²) in [5.41, 5.74) is 7.19. The third kappa shape index (κ3) is 2.01. The second kappa shape index (κ2) is 4.31. The van der Waals surface area contributed by atoms with E-state index in [0.29, 0.717) is 18.7 Å². The molecule has 2 heterocycles. The summed E-state index contributed by atoms with van der Waals surface area (Å²) in [5, 5.41) is 0. The van der Waals surface area contributed by atoms with Gasteiger partial charge >= 0.3 is 0 Å². The van der Waals surface area contributed by atoms with E-state index in [1.54, 1.807) is 6.07 Å². The molecule has 0 unspecified atom stereocenters. The van der Waals surface area contributed by atoms with Crippen molar-refractivity contribution in [2.75, 3.05) is 17.2 Å². The number of benzene rings is 1. The molecule has 3 rings (SSSR count). The molecule has 1 aromatic heterocycles. The number of anilines is 2. The molecule has 0 bridgehead atoms. The van der Waals surface area contributed by atoms with Gasteiger partial charge in [0, 0.05) is 6.54 Å². The topological polar surface area (TPSA) is 72.1 Å². The van der Waals surface area contributed by atoms with Crippen molar-refractivity contribution in [1.29, 1.82) is 0 Å². The maximum atomic E-state index is 13.3. The molecule has 1 aromatic carbocycles. The average Bonchev–Trinajstić information content (AvgIpc) is 2.81. The molecule has 0 saturated heterocycles. The Morgan fingerprint density at radius 2 is 2.16 bits per heavy atom. The molecule has 0 fully saturated rings. The molecule has 0 radical (unpaired) electrons. The predicted molar refractivity (Wildman–Crippen MR) is 68.2 cm³/mol. The lowest BCUT2D eigenvalue weighted by molar-refractivity contribution is 0.0984. The summed E-state index contributed by atoms with van der Waals surface area (Å²) in [6.07, 6.45) is 3.37. The Labute approximate surface area is 108 Å². The van der Waals surface area contributed by atoms with E-state index >= 15 is 0 Å². The SMILES string of the molecule is Nc1cnc(C(=O)N2CCc3ccc(F)cc32)cn1. The van der Waals surface area contributed by atoms with Crippen LogP contribution in [0.4, 0.5) is 15.9 Å². The number of halogens is 1. The van der Waals surface area contributed by atoms with Gasteiger partial charge in [0.05, 0.1) is 18.1 Å². The molecule has 19 heavy (non-hydrogen) atoms. The normalized spacial score (nSPS) is 13.4. The second-order valence-electron chi connectivity index (χ2n) is 4.31. The van der Waals surface area contributed by atoms with E-state index in [-0.39, 0.29) is 23.2 Å². The number of fused-ring (bicyclic) bond motifs is 1. The first-order chi connectivity index (χ1) is 9.15. The van der Waals surface area contributed by atoms with Gasteiger partial charge in [-0.15, -0.1) is 0 Å². The van der Waals surface area contributed by atoms with Gasteiger partial charge < -0.3 is 10.6 Å². The monoisotopic (exact) mass is 258 g/mol. The summed E-state index contributed by atoms with van der Waals surface area (Å²) < 4.78 is 13.3. The van der Waals surface area contributed by atoms with Crippen LogP contribution in [0.25, 0.3) is 0 Å². The summed E-state index contributed by atoms with van der Waals surface area (Å²) in [6, 6.07) is 4.47. The Morgan fingerprint density at radius 1 is 1.32 bits per heavy atom. The van der Waals surface area contributed by atoms with Crippen molar-refractivity contribution < 1.29 is 9.18 Å². The molecule has 1 aliphatic heterocycles. The number of carbonyl (C=O) groups is 1. The van der Waals surface area contributed by atoms with Crippen molar-refractivity contribution in [3.8, 4) is 0 Å². The Kier molecular flexibility index (Phi) is 2.63. The lowest BCUT2D eigenvalue weighted by atomic mass is 10.2. The van der Waals surface area contributed by atoms with Crippen molar-refractivity contribution in [3.63, 3.8) is 0 Å². The van der Waals surface area contributed by atoms with E-state index in [1.807, 2.05) is 0 Å². The number of nitrogens with zero attached hydrogens (tertiary/aromatic N) is 3. The highest BCUT2D eigenvalue weighted by Crippen LogP contribution is 2.29. The molecule has 2 N–H and O–H groups in total. The standard InChI is InChI=1S/C13H11FN4O/c14-9-2-1-8-3-4-18(11(8)5-9)13(19)10-6-17-12(15)7-16-10/h1-2,5-7H,3-4H2,(H2,15,17). The molecule has 0 saturated carbocycles. The molecular weight excluding hydrogens is 247 g/mol. The van der Waals surface area contributed by atoms with Gasteiger partial charge in [0.25, 0.3) is 5.91 Å². The van der Waals surface area contributed by atoms with E-state index in [2.05, 4.69) is 9.97 Å². The second-order valence-corrected chi connectivity index (χ2v) is 4.31. The van der Waals surface area contributed by atoms with Gasteiger partial charge in [0.2, 0.25) is 0 Å². The number of amides is 1. The zero-order valence-corrected chi connectivity index (χ0v) is 10.0. The van der Waals surface area contributed by atoms with Gasteiger partial charge in [0.1, 0.15) is 17.3 Å². The molecule has 6 heteroatoms. The fourth-order valence-corrected chi connectivity index (χ4v) is 2.15. The fraction of sp³-hybridized carbons (Fsp3) is 0.154. The van der Waals surface area contributed by atoms with Crippen LogP contribution in [0.5, 0.6) is 0 Å². The highest BCUT2D eigenvalue weighted by atomic mass is 19.1. The largest absolute Gasteiger partial charge is 0.382 e. The lowest BCUT2D eigenvalue weighted by Crippen LogP contribution is -2.29. The Balaban J connectivity index is 1.95. The number of nitrogens with two attached hydrogens (primary N) is 1. The van der Waals surface area contributed by atoms with Gasteiger partial charge in [-0.05, 0) is 24.1 Å².